The van der Waals surface area contributed by atoms with Crippen molar-refractivity contribution in [2.45, 2.75) is 13.3 Å². The molecule has 0 aliphatic carbocycles. The monoisotopic (exact) mass is 256 g/mol. The zero-order valence-electron chi connectivity index (χ0n) is 11.1. The summed E-state index contributed by atoms with van der Waals surface area (Å²) in [7, 11) is 1.36. The van der Waals surface area contributed by atoms with Crippen molar-refractivity contribution in [3.8, 4) is 11.5 Å². The number of rotatable bonds is 4. The van der Waals surface area contributed by atoms with Crippen molar-refractivity contribution < 1.29 is 14.3 Å². The molecular weight excluding hydrogens is 240 g/mol. The molecule has 98 valence electrons. The van der Waals surface area contributed by atoms with Gasteiger partial charge in [0.1, 0.15) is 11.5 Å². The second-order valence-corrected chi connectivity index (χ2v) is 4.12. The van der Waals surface area contributed by atoms with Gasteiger partial charge in [-0.3, -0.25) is 0 Å². The third-order valence-electron chi connectivity index (χ3n) is 2.84. The van der Waals surface area contributed by atoms with Gasteiger partial charge in [-0.05, 0) is 48.4 Å². The van der Waals surface area contributed by atoms with Gasteiger partial charge in [0.2, 0.25) is 0 Å². The van der Waals surface area contributed by atoms with Gasteiger partial charge in [0.15, 0.2) is 0 Å². The quantitative estimate of drug-likeness (QED) is 0.780. The Kier molecular flexibility index (Phi) is 4.18. The third kappa shape index (κ3) is 3.35. The molecule has 0 fully saturated rings. The van der Waals surface area contributed by atoms with E-state index in [0.717, 1.165) is 12.2 Å². The molecule has 3 nitrogen and oxygen atoms in total. The van der Waals surface area contributed by atoms with E-state index in [2.05, 4.69) is 11.7 Å². The van der Waals surface area contributed by atoms with Gasteiger partial charge in [-0.25, -0.2) is 4.79 Å². The van der Waals surface area contributed by atoms with E-state index < -0.39 is 0 Å². The zero-order valence-corrected chi connectivity index (χ0v) is 11.1. The van der Waals surface area contributed by atoms with Crippen LogP contribution in [0.1, 0.15) is 22.8 Å². The Morgan fingerprint density at radius 1 is 0.947 bits per heavy atom. The fourth-order valence-corrected chi connectivity index (χ4v) is 1.71. The summed E-state index contributed by atoms with van der Waals surface area (Å²) in [4.78, 5) is 11.3. The van der Waals surface area contributed by atoms with Gasteiger partial charge >= 0.3 is 5.97 Å². The molecule has 0 saturated carbocycles. The number of benzene rings is 2. The van der Waals surface area contributed by atoms with Crippen LogP contribution in [0.3, 0.4) is 0 Å². The average Bonchev–Trinajstić information content (AvgIpc) is 2.48. The molecule has 0 unspecified atom stereocenters. The van der Waals surface area contributed by atoms with Crippen LogP contribution in [0.25, 0.3) is 0 Å². The second kappa shape index (κ2) is 6.05. The topological polar surface area (TPSA) is 35.5 Å². The highest BCUT2D eigenvalue weighted by atomic mass is 16.5. The Morgan fingerprint density at radius 3 is 1.95 bits per heavy atom. The molecule has 2 aromatic rings. The van der Waals surface area contributed by atoms with Crippen molar-refractivity contribution in [2.24, 2.45) is 0 Å². The molecule has 0 saturated heterocycles. The van der Waals surface area contributed by atoms with Crippen LogP contribution in [-0.2, 0) is 11.2 Å². The number of methoxy groups -OCH3 is 1. The van der Waals surface area contributed by atoms with E-state index >= 15 is 0 Å². The number of ether oxygens (including phenoxy) is 2. The number of hydrogen-bond acceptors (Lipinski definition) is 3. The lowest BCUT2D eigenvalue weighted by molar-refractivity contribution is 0.0600. The van der Waals surface area contributed by atoms with Crippen LogP contribution >= 0.6 is 0 Å². The summed E-state index contributed by atoms with van der Waals surface area (Å²) in [6.07, 6.45) is 1.01. The molecule has 0 atom stereocenters. The molecule has 0 amide bonds. The molecule has 0 heterocycles. The first-order valence-electron chi connectivity index (χ1n) is 6.18. The molecule has 0 N–H and O–H groups in total. The van der Waals surface area contributed by atoms with Crippen LogP contribution in [0.4, 0.5) is 0 Å². The summed E-state index contributed by atoms with van der Waals surface area (Å²) < 4.78 is 10.3. The molecule has 19 heavy (non-hydrogen) atoms. The minimum absolute atomic E-state index is 0.348. The smallest absolute Gasteiger partial charge is 0.337 e. The molecular formula is C16H16O3. The van der Waals surface area contributed by atoms with E-state index in [-0.39, 0.29) is 5.97 Å². The molecule has 2 aromatic carbocycles. The summed E-state index contributed by atoms with van der Waals surface area (Å²) in [5.41, 5.74) is 1.78. The molecule has 0 aliphatic heterocycles. The predicted molar refractivity (Wildman–Crippen MR) is 73.7 cm³/mol. The van der Waals surface area contributed by atoms with E-state index in [1.54, 1.807) is 24.3 Å². The minimum atomic E-state index is -0.348. The van der Waals surface area contributed by atoms with Crippen molar-refractivity contribution >= 4 is 5.97 Å². The van der Waals surface area contributed by atoms with Gasteiger partial charge in [-0.15, -0.1) is 0 Å². The lowest BCUT2D eigenvalue weighted by Crippen LogP contribution is -2.00. The first-order valence-corrected chi connectivity index (χ1v) is 6.18. The summed E-state index contributed by atoms with van der Waals surface area (Å²) in [5, 5.41) is 0. The van der Waals surface area contributed by atoms with Crippen molar-refractivity contribution in [1.82, 2.24) is 0 Å². The van der Waals surface area contributed by atoms with E-state index in [9.17, 15) is 4.79 Å². The number of carbonyl (C=O) groups excluding carboxylic acids is 1. The Bertz CT molecular complexity index is 541. The standard InChI is InChI=1S/C16H16O3/c1-3-12-4-8-14(9-5-12)19-15-10-6-13(7-11-15)16(17)18-2/h4-11H,3H2,1-2H3. The largest absolute Gasteiger partial charge is 0.465 e. The van der Waals surface area contributed by atoms with Crippen molar-refractivity contribution in [2.75, 3.05) is 7.11 Å². The van der Waals surface area contributed by atoms with Crippen LogP contribution in [0, 0.1) is 0 Å². The maximum Gasteiger partial charge on any atom is 0.337 e. The van der Waals surface area contributed by atoms with Crippen molar-refractivity contribution in [3.63, 3.8) is 0 Å². The van der Waals surface area contributed by atoms with E-state index in [1.165, 1.54) is 12.7 Å². The number of aryl methyl sites for hydroxylation is 1. The maximum absolute atomic E-state index is 11.3. The summed E-state index contributed by atoms with van der Waals surface area (Å²) >= 11 is 0. The Morgan fingerprint density at radius 2 is 1.47 bits per heavy atom. The Balaban J connectivity index is 2.08. The summed E-state index contributed by atoms with van der Waals surface area (Å²) in [6.45, 7) is 2.11. The highest BCUT2D eigenvalue weighted by Gasteiger charge is 2.05. The van der Waals surface area contributed by atoms with Crippen LogP contribution < -0.4 is 4.74 Å². The van der Waals surface area contributed by atoms with Gasteiger partial charge in [-0.1, -0.05) is 19.1 Å². The first-order chi connectivity index (χ1) is 9.22. The molecule has 0 aromatic heterocycles. The fraction of sp³-hybridized carbons (Fsp3) is 0.188. The lowest BCUT2D eigenvalue weighted by Gasteiger charge is -2.07. The molecule has 0 aliphatic rings. The summed E-state index contributed by atoms with van der Waals surface area (Å²) in [5.74, 6) is 1.12. The van der Waals surface area contributed by atoms with Crippen molar-refractivity contribution in [1.29, 1.82) is 0 Å². The molecule has 3 heteroatoms. The molecule has 2 rings (SSSR count). The van der Waals surface area contributed by atoms with E-state index in [4.69, 9.17) is 4.74 Å². The fourth-order valence-electron chi connectivity index (χ4n) is 1.71. The van der Waals surface area contributed by atoms with E-state index in [0.29, 0.717) is 11.3 Å². The Hall–Kier alpha value is -2.29. The average molecular weight is 256 g/mol. The molecule has 0 spiro atoms. The summed E-state index contributed by atoms with van der Waals surface area (Å²) in [6, 6.07) is 14.8. The third-order valence-corrected chi connectivity index (χ3v) is 2.84. The van der Waals surface area contributed by atoms with Gasteiger partial charge in [0.25, 0.3) is 0 Å². The number of hydrogen-bond donors (Lipinski definition) is 0. The number of esters is 1. The van der Waals surface area contributed by atoms with Crippen LogP contribution in [-0.4, -0.2) is 13.1 Å². The maximum atomic E-state index is 11.3. The SMILES string of the molecule is CCc1ccc(Oc2ccc(C(=O)OC)cc2)cc1. The van der Waals surface area contributed by atoms with Gasteiger partial charge in [0.05, 0.1) is 12.7 Å². The second-order valence-electron chi connectivity index (χ2n) is 4.12. The first kappa shape index (κ1) is 13.1. The molecule has 0 radical (unpaired) electrons. The normalized spacial score (nSPS) is 10.0. The van der Waals surface area contributed by atoms with Crippen molar-refractivity contribution in [3.05, 3.63) is 59.7 Å². The van der Waals surface area contributed by atoms with E-state index in [1.807, 2.05) is 24.3 Å². The highest BCUT2D eigenvalue weighted by Crippen LogP contribution is 2.22. The van der Waals surface area contributed by atoms with Crippen LogP contribution in [0.5, 0.6) is 11.5 Å². The van der Waals surface area contributed by atoms with Gasteiger partial charge in [0, 0.05) is 0 Å². The lowest BCUT2D eigenvalue weighted by atomic mass is 10.2. The highest BCUT2D eigenvalue weighted by molar-refractivity contribution is 5.89. The van der Waals surface area contributed by atoms with Crippen LogP contribution in [0.15, 0.2) is 48.5 Å². The number of carbonyl (C=O) groups is 1. The Labute approximate surface area is 112 Å². The van der Waals surface area contributed by atoms with Crippen LogP contribution in [0.2, 0.25) is 0 Å². The van der Waals surface area contributed by atoms with Gasteiger partial charge in [-0.2, -0.15) is 0 Å². The zero-order chi connectivity index (χ0) is 13.7. The molecule has 0 bridgehead atoms. The minimum Gasteiger partial charge on any atom is -0.465 e. The van der Waals surface area contributed by atoms with Gasteiger partial charge < -0.3 is 9.47 Å². The predicted octanol–water partition coefficient (Wildman–Crippen LogP) is 3.83.